The van der Waals surface area contributed by atoms with Crippen LogP contribution in [0.1, 0.15) is 32.7 Å². The Morgan fingerprint density at radius 1 is 1.33 bits per heavy atom. The summed E-state index contributed by atoms with van der Waals surface area (Å²) in [4.78, 5) is 38.9. The van der Waals surface area contributed by atoms with Crippen LogP contribution in [-0.4, -0.2) is 39.4 Å². The van der Waals surface area contributed by atoms with Gasteiger partial charge in [-0.2, -0.15) is 0 Å². The molecule has 0 aliphatic carbocycles. The van der Waals surface area contributed by atoms with E-state index >= 15 is 0 Å². The molecule has 156 valence electrons. The van der Waals surface area contributed by atoms with E-state index < -0.39 is 0 Å². The second-order valence-corrected chi connectivity index (χ2v) is 9.02. The molecule has 7 nitrogen and oxygen atoms in total. The van der Waals surface area contributed by atoms with Gasteiger partial charge in [-0.05, 0) is 31.5 Å². The number of hydrogen-bond acceptors (Lipinski definition) is 6. The van der Waals surface area contributed by atoms with Crippen molar-refractivity contribution >= 4 is 39.7 Å². The van der Waals surface area contributed by atoms with Gasteiger partial charge in [-0.1, -0.05) is 23.5 Å². The van der Waals surface area contributed by atoms with E-state index in [4.69, 9.17) is 0 Å². The van der Waals surface area contributed by atoms with Crippen molar-refractivity contribution in [3.05, 3.63) is 62.8 Å². The Bertz CT molecular complexity index is 1050. The number of nitrogens with zero attached hydrogens (tertiary/aromatic N) is 4. The highest BCUT2D eigenvalue weighted by molar-refractivity contribution is 7.17. The Morgan fingerprint density at radius 3 is 2.80 bits per heavy atom. The molecule has 0 saturated carbocycles. The largest absolute Gasteiger partial charge is 0.346 e. The fourth-order valence-corrected chi connectivity index (χ4v) is 4.92. The SMILES string of the molecule is Cc1nc(N2C(=O)N(Cc3ccc(F)cc3)CC2C)sc1C(=O)NCc1cncs1. The Hall–Kier alpha value is -2.85. The fraction of sp³-hybridized carbons (Fsp3) is 0.300. The molecule has 3 amide bonds. The molecular weight excluding hydrogens is 425 g/mol. The number of thiazole rings is 2. The van der Waals surface area contributed by atoms with Gasteiger partial charge in [0.25, 0.3) is 5.91 Å². The molecule has 3 heterocycles. The summed E-state index contributed by atoms with van der Waals surface area (Å²) in [5.41, 5.74) is 3.17. The van der Waals surface area contributed by atoms with Gasteiger partial charge in [0.15, 0.2) is 5.13 Å². The Kier molecular flexibility index (Phi) is 5.78. The molecule has 0 spiro atoms. The summed E-state index contributed by atoms with van der Waals surface area (Å²) in [5.74, 6) is -0.520. The zero-order valence-electron chi connectivity index (χ0n) is 16.5. The molecule has 1 aliphatic heterocycles. The number of rotatable bonds is 6. The number of halogens is 1. The topological polar surface area (TPSA) is 78.4 Å². The summed E-state index contributed by atoms with van der Waals surface area (Å²) in [6.45, 7) is 5.04. The minimum atomic E-state index is -0.305. The molecule has 1 aliphatic rings. The van der Waals surface area contributed by atoms with Crippen molar-refractivity contribution in [1.29, 1.82) is 0 Å². The van der Waals surface area contributed by atoms with Gasteiger partial charge in [0.05, 0.1) is 23.8 Å². The first kappa shape index (κ1) is 20.4. The third-order valence-electron chi connectivity index (χ3n) is 4.79. The van der Waals surface area contributed by atoms with Gasteiger partial charge in [-0.15, -0.1) is 11.3 Å². The molecule has 10 heteroatoms. The molecule has 3 aromatic rings. The molecule has 1 aromatic carbocycles. The third-order valence-corrected chi connectivity index (χ3v) is 6.73. The van der Waals surface area contributed by atoms with Crippen LogP contribution in [0.4, 0.5) is 14.3 Å². The van der Waals surface area contributed by atoms with Crippen molar-refractivity contribution in [3.8, 4) is 0 Å². The summed E-state index contributed by atoms with van der Waals surface area (Å²) in [6.07, 6.45) is 1.72. The van der Waals surface area contributed by atoms with E-state index in [0.717, 1.165) is 10.4 Å². The number of hydrogen-bond donors (Lipinski definition) is 1. The molecule has 1 saturated heterocycles. The lowest BCUT2D eigenvalue weighted by Crippen LogP contribution is -2.33. The average molecular weight is 446 g/mol. The number of nitrogens with one attached hydrogen (secondary N) is 1. The highest BCUT2D eigenvalue weighted by atomic mass is 32.1. The number of anilines is 1. The summed E-state index contributed by atoms with van der Waals surface area (Å²) in [7, 11) is 0. The first-order valence-electron chi connectivity index (χ1n) is 9.38. The van der Waals surface area contributed by atoms with Gasteiger partial charge in [-0.3, -0.25) is 14.7 Å². The molecule has 1 unspecified atom stereocenters. The van der Waals surface area contributed by atoms with E-state index in [0.29, 0.717) is 35.3 Å². The van der Waals surface area contributed by atoms with Crippen molar-refractivity contribution in [3.63, 3.8) is 0 Å². The van der Waals surface area contributed by atoms with E-state index in [2.05, 4.69) is 15.3 Å². The molecular formula is C20H20FN5O2S2. The molecule has 2 aromatic heterocycles. The number of benzene rings is 1. The number of aromatic nitrogens is 2. The zero-order valence-corrected chi connectivity index (χ0v) is 18.1. The molecule has 1 N–H and O–H groups in total. The van der Waals surface area contributed by atoms with E-state index in [1.165, 1.54) is 34.8 Å². The van der Waals surface area contributed by atoms with Gasteiger partial charge in [0, 0.05) is 24.2 Å². The van der Waals surface area contributed by atoms with Crippen LogP contribution in [-0.2, 0) is 13.1 Å². The first-order valence-corrected chi connectivity index (χ1v) is 11.1. The number of carbonyl (C=O) groups excluding carboxylic acids is 2. The second kappa shape index (κ2) is 8.49. The third kappa shape index (κ3) is 4.19. The van der Waals surface area contributed by atoms with Crippen LogP contribution in [0.2, 0.25) is 0 Å². The summed E-state index contributed by atoms with van der Waals surface area (Å²) in [6, 6.07) is 5.87. The van der Waals surface area contributed by atoms with Crippen molar-refractivity contribution in [1.82, 2.24) is 20.2 Å². The monoisotopic (exact) mass is 445 g/mol. The van der Waals surface area contributed by atoms with Crippen LogP contribution < -0.4 is 10.2 Å². The standard InChI is InChI=1S/C20H20FN5O2S2/c1-12-9-25(10-14-3-5-15(21)6-4-14)20(28)26(12)19-24-13(2)17(30-19)18(27)23-8-16-7-22-11-29-16/h3-7,11-12H,8-10H2,1-2H3,(H,23,27). The predicted octanol–water partition coefficient (Wildman–Crippen LogP) is 3.81. The maximum Gasteiger partial charge on any atom is 0.326 e. The van der Waals surface area contributed by atoms with Gasteiger partial charge in [0.2, 0.25) is 0 Å². The molecule has 0 bridgehead atoms. The lowest BCUT2D eigenvalue weighted by atomic mass is 10.2. The van der Waals surface area contributed by atoms with E-state index in [9.17, 15) is 14.0 Å². The number of urea groups is 1. The highest BCUT2D eigenvalue weighted by Gasteiger charge is 2.37. The Balaban J connectivity index is 1.46. The summed E-state index contributed by atoms with van der Waals surface area (Å²) < 4.78 is 13.1. The van der Waals surface area contributed by atoms with Crippen LogP contribution >= 0.6 is 22.7 Å². The minimum absolute atomic E-state index is 0.0865. The molecule has 30 heavy (non-hydrogen) atoms. The number of amides is 3. The minimum Gasteiger partial charge on any atom is -0.346 e. The van der Waals surface area contributed by atoms with Gasteiger partial charge in [0.1, 0.15) is 10.7 Å². The van der Waals surface area contributed by atoms with E-state index in [1.54, 1.807) is 40.6 Å². The van der Waals surface area contributed by atoms with Crippen LogP contribution in [0.25, 0.3) is 0 Å². The summed E-state index contributed by atoms with van der Waals surface area (Å²) in [5, 5.41) is 3.38. The van der Waals surface area contributed by atoms with E-state index in [-0.39, 0.29) is 23.8 Å². The smallest absolute Gasteiger partial charge is 0.326 e. The lowest BCUT2D eigenvalue weighted by molar-refractivity contribution is 0.0954. The van der Waals surface area contributed by atoms with Crippen molar-refractivity contribution in [2.45, 2.75) is 33.0 Å². The van der Waals surface area contributed by atoms with Crippen LogP contribution in [0, 0.1) is 12.7 Å². The number of aryl methyl sites for hydroxylation is 1. The maximum absolute atomic E-state index is 13.1. The molecule has 4 rings (SSSR count). The van der Waals surface area contributed by atoms with Gasteiger partial charge < -0.3 is 10.2 Å². The maximum atomic E-state index is 13.1. The van der Waals surface area contributed by atoms with Crippen LogP contribution in [0.3, 0.4) is 0 Å². The lowest BCUT2D eigenvalue weighted by Gasteiger charge is -2.17. The average Bonchev–Trinajstić information content (AvgIpc) is 3.42. The van der Waals surface area contributed by atoms with Crippen molar-refractivity contribution in [2.24, 2.45) is 0 Å². The predicted molar refractivity (Wildman–Crippen MR) is 114 cm³/mol. The van der Waals surface area contributed by atoms with E-state index in [1.807, 2.05) is 6.92 Å². The van der Waals surface area contributed by atoms with Gasteiger partial charge >= 0.3 is 6.03 Å². The second-order valence-electron chi connectivity index (χ2n) is 7.07. The summed E-state index contributed by atoms with van der Waals surface area (Å²) >= 11 is 2.69. The Morgan fingerprint density at radius 2 is 2.10 bits per heavy atom. The molecule has 1 fully saturated rings. The quantitative estimate of drug-likeness (QED) is 0.626. The first-order chi connectivity index (χ1) is 14.4. The highest BCUT2D eigenvalue weighted by Crippen LogP contribution is 2.32. The van der Waals surface area contributed by atoms with Crippen molar-refractivity contribution in [2.75, 3.05) is 11.4 Å². The Labute approximate surface area is 181 Å². The van der Waals surface area contributed by atoms with Crippen LogP contribution in [0.5, 0.6) is 0 Å². The molecule has 1 atom stereocenters. The zero-order chi connectivity index (χ0) is 21.3. The molecule has 0 radical (unpaired) electrons. The van der Waals surface area contributed by atoms with Crippen LogP contribution in [0.15, 0.2) is 36.0 Å². The normalized spacial score (nSPS) is 16.4. The van der Waals surface area contributed by atoms with Gasteiger partial charge in [-0.25, -0.2) is 14.2 Å². The van der Waals surface area contributed by atoms with Crippen molar-refractivity contribution < 1.29 is 14.0 Å². The fourth-order valence-electron chi connectivity index (χ4n) is 3.31. The number of carbonyl (C=O) groups is 2.